The third kappa shape index (κ3) is 1.00. The first-order chi connectivity index (χ1) is 5.36. The van der Waals surface area contributed by atoms with Gasteiger partial charge in [-0.25, -0.2) is 0 Å². The Hall–Kier alpha value is -1.64. The number of para-hydroxylation sites is 1. The quantitative estimate of drug-likeness (QED) is 0.560. The standard InChI is InChI=1S/C8H5NO2/c10-9-6-5-7-3-1-2-4-8(7)11-9/h1-4,6H/q+1. The van der Waals surface area contributed by atoms with Crippen LogP contribution in [-0.4, -0.2) is 0 Å². The molecular formula is C8H5NO2+. The van der Waals surface area contributed by atoms with Crippen molar-refractivity contribution in [2.24, 2.45) is 0 Å². The fourth-order valence-corrected chi connectivity index (χ4v) is 0.911. The molecule has 0 fully saturated rings. The van der Waals surface area contributed by atoms with Gasteiger partial charge in [0.1, 0.15) is 0 Å². The van der Waals surface area contributed by atoms with Crippen molar-refractivity contribution in [2.75, 3.05) is 0 Å². The first-order valence-electron chi connectivity index (χ1n) is 3.19. The maximum Gasteiger partial charge on any atom is 0.291 e. The molecule has 2 aromatic rings. The van der Waals surface area contributed by atoms with E-state index in [-0.39, 0.29) is 0 Å². The summed E-state index contributed by atoms with van der Waals surface area (Å²) in [6.45, 7) is 0. The number of benzene rings is 1. The molecule has 0 spiro atoms. The molecule has 1 heterocycles. The van der Waals surface area contributed by atoms with Crippen molar-refractivity contribution in [3.05, 3.63) is 41.4 Å². The van der Waals surface area contributed by atoms with Gasteiger partial charge >= 0.3 is 0 Å². The van der Waals surface area contributed by atoms with E-state index in [4.69, 9.17) is 4.52 Å². The molecule has 0 atom stereocenters. The predicted molar refractivity (Wildman–Crippen MR) is 38.4 cm³/mol. The Balaban J connectivity index is 2.94. The molecule has 1 aromatic heterocycles. The molecule has 1 radical (unpaired) electrons. The monoisotopic (exact) mass is 147 g/mol. The maximum absolute atomic E-state index is 10.6. The summed E-state index contributed by atoms with van der Waals surface area (Å²) in [5.41, 5.74) is 0.546. The van der Waals surface area contributed by atoms with Crippen LogP contribution in [0.4, 0.5) is 0 Å². The van der Waals surface area contributed by atoms with Gasteiger partial charge in [-0.2, -0.15) is 4.52 Å². The maximum atomic E-state index is 10.6. The lowest BCUT2D eigenvalue weighted by atomic mass is 10.2. The van der Waals surface area contributed by atoms with E-state index in [2.05, 4.69) is 6.07 Å². The summed E-state index contributed by atoms with van der Waals surface area (Å²) in [6, 6.07) is 10.0. The van der Waals surface area contributed by atoms with Crippen molar-refractivity contribution < 1.29 is 9.12 Å². The van der Waals surface area contributed by atoms with Crippen LogP contribution in [0.2, 0.25) is 0 Å². The minimum absolute atomic E-state index is 0.377. The molecule has 0 saturated carbocycles. The van der Waals surface area contributed by atoms with Gasteiger partial charge < -0.3 is 0 Å². The third-order valence-electron chi connectivity index (χ3n) is 1.40. The number of hydrogen-bond acceptors (Lipinski definition) is 2. The van der Waals surface area contributed by atoms with E-state index in [9.17, 15) is 4.91 Å². The van der Waals surface area contributed by atoms with Crippen LogP contribution in [0.5, 0.6) is 0 Å². The zero-order chi connectivity index (χ0) is 7.68. The van der Waals surface area contributed by atoms with E-state index in [0.717, 1.165) is 5.39 Å². The smallest absolute Gasteiger partial charge is 0.185 e. The molecule has 2 rings (SSSR count). The van der Waals surface area contributed by atoms with Crippen LogP contribution < -0.4 is 4.60 Å². The van der Waals surface area contributed by atoms with Gasteiger partial charge in [0.2, 0.25) is 5.58 Å². The molecule has 1 aromatic carbocycles. The highest BCUT2D eigenvalue weighted by Gasteiger charge is 1.99. The van der Waals surface area contributed by atoms with E-state index in [1.165, 1.54) is 6.20 Å². The van der Waals surface area contributed by atoms with Crippen LogP contribution in [0.25, 0.3) is 11.0 Å². The average Bonchev–Trinajstić information content (AvgIpc) is 2.04. The molecule has 11 heavy (non-hydrogen) atoms. The third-order valence-corrected chi connectivity index (χ3v) is 1.40. The van der Waals surface area contributed by atoms with Crippen LogP contribution >= 0.6 is 0 Å². The summed E-state index contributed by atoms with van der Waals surface area (Å²) in [5.74, 6) is 0. The number of aromatic nitrogens is 1. The van der Waals surface area contributed by atoms with E-state index in [0.29, 0.717) is 10.2 Å². The van der Waals surface area contributed by atoms with E-state index in [1.54, 1.807) is 12.1 Å². The summed E-state index contributed by atoms with van der Waals surface area (Å²) >= 11 is 0. The largest absolute Gasteiger partial charge is 0.291 e. The number of hydrogen-bond donors (Lipinski definition) is 0. The summed E-state index contributed by atoms with van der Waals surface area (Å²) in [6.07, 6.45) is 1.21. The Morgan fingerprint density at radius 3 is 3.09 bits per heavy atom. The zero-order valence-electron chi connectivity index (χ0n) is 5.65. The molecule has 0 unspecified atom stereocenters. The summed E-state index contributed by atoms with van der Waals surface area (Å²) in [5, 5.41) is 0.805. The van der Waals surface area contributed by atoms with Gasteiger partial charge in [0.25, 0.3) is 10.8 Å². The topological polar surface area (TPSA) is 36.1 Å². The first kappa shape index (κ1) is 6.09. The van der Waals surface area contributed by atoms with Gasteiger partial charge in [-0.3, -0.25) is 0 Å². The highest BCUT2D eigenvalue weighted by Crippen LogP contribution is 2.07. The SMILES string of the molecule is O=[n+]1c[c]c2ccccc2o1. The van der Waals surface area contributed by atoms with Crippen LogP contribution in [0.3, 0.4) is 0 Å². The van der Waals surface area contributed by atoms with E-state index in [1.807, 2.05) is 12.1 Å². The van der Waals surface area contributed by atoms with Gasteiger partial charge in [0, 0.05) is 5.39 Å². The Bertz CT molecular complexity index is 433. The summed E-state index contributed by atoms with van der Waals surface area (Å²) in [7, 11) is 0. The Morgan fingerprint density at radius 2 is 2.18 bits per heavy atom. The van der Waals surface area contributed by atoms with Crippen molar-refractivity contribution in [3.63, 3.8) is 0 Å². The Kier molecular flexibility index (Phi) is 1.22. The molecule has 53 valence electrons. The van der Waals surface area contributed by atoms with Crippen molar-refractivity contribution in [3.8, 4) is 0 Å². The molecule has 3 nitrogen and oxygen atoms in total. The van der Waals surface area contributed by atoms with Crippen LogP contribution in [0.15, 0.2) is 35.0 Å². The molecule has 3 heteroatoms. The number of nitrogens with zero attached hydrogens (tertiary/aromatic N) is 1. The molecule has 0 amide bonds. The highest BCUT2D eigenvalue weighted by atomic mass is 16.6. The predicted octanol–water partition coefficient (Wildman–Crippen LogP) is 1.15. The second-order valence-electron chi connectivity index (χ2n) is 2.15. The molecular weight excluding hydrogens is 142 g/mol. The Morgan fingerprint density at radius 1 is 1.36 bits per heavy atom. The second kappa shape index (κ2) is 2.20. The van der Waals surface area contributed by atoms with Gasteiger partial charge in [-0.15, -0.1) is 0 Å². The van der Waals surface area contributed by atoms with Crippen molar-refractivity contribution in [1.82, 2.24) is 0 Å². The van der Waals surface area contributed by atoms with Crippen LogP contribution in [0, 0.1) is 11.0 Å². The van der Waals surface area contributed by atoms with Crippen LogP contribution in [-0.2, 0) is 0 Å². The van der Waals surface area contributed by atoms with E-state index < -0.39 is 0 Å². The lowest BCUT2D eigenvalue weighted by Crippen LogP contribution is -2.10. The summed E-state index contributed by atoms with van der Waals surface area (Å²) in [4.78, 5) is 10.6. The van der Waals surface area contributed by atoms with Crippen LogP contribution in [0.1, 0.15) is 0 Å². The van der Waals surface area contributed by atoms with Gasteiger partial charge in [-0.05, 0) is 6.07 Å². The van der Waals surface area contributed by atoms with E-state index >= 15 is 0 Å². The van der Waals surface area contributed by atoms with Gasteiger partial charge in [0.05, 0.1) is 11.0 Å². The Labute approximate surface area is 62.4 Å². The summed E-state index contributed by atoms with van der Waals surface area (Å²) < 4.78 is 5.17. The van der Waals surface area contributed by atoms with Gasteiger partial charge in [0.15, 0.2) is 0 Å². The highest BCUT2D eigenvalue weighted by molar-refractivity contribution is 5.74. The minimum atomic E-state index is 0.377. The second-order valence-corrected chi connectivity index (χ2v) is 2.15. The fraction of sp³-hybridized carbons (Fsp3) is 0. The minimum Gasteiger partial charge on any atom is -0.185 e. The molecule has 0 bridgehead atoms. The van der Waals surface area contributed by atoms with Gasteiger partial charge in [-0.1, -0.05) is 18.2 Å². The van der Waals surface area contributed by atoms with Crippen molar-refractivity contribution in [2.45, 2.75) is 0 Å². The molecule has 0 aliphatic rings. The lowest BCUT2D eigenvalue weighted by Gasteiger charge is -1.84. The molecule has 0 aliphatic heterocycles. The molecule has 0 saturated heterocycles. The number of rotatable bonds is 0. The first-order valence-corrected chi connectivity index (χ1v) is 3.19. The molecule has 0 aliphatic carbocycles. The average molecular weight is 147 g/mol. The molecule has 0 N–H and O–H groups in total. The normalized spacial score (nSPS) is 10.2. The lowest BCUT2D eigenvalue weighted by molar-refractivity contribution is -0.702. The number of fused-ring (bicyclic) bond motifs is 1. The van der Waals surface area contributed by atoms with Crippen molar-refractivity contribution >= 4 is 11.0 Å². The van der Waals surface area contributed by atoms with Crippen molar-refractivity contribution in [1.29, 1.82) is 0 Å². The zero-order valence-corrected chi connectivity index (χ0v) is 5.65. The fourth-order valence-electron chi connectivity index (χ4n) is 0.911.